The van der Waals surface area contributed by atoms with Crippen molar-refractivity contribution >= 4 is 0 Å². The number of nitrogens with zero attached hydrogens (tertiary/aromatic N) is 1. The van der Waals surface area contributed by atoms with Gasteiger partial charge in [0.2, 0.25) is 0 Å². The summed E-state index contributed by atoms with van der Waals surface area (Å²) in [6.45, 7) is 0. The van der Waals surface area contributed by atoms with Crippen LogP contribution in [0.5, 0.6) is 0 Å². The Hall–Kier alpha value is -2.18. The normalized spacial score (nSPS) is 17.0. The molecule has 94 valence electrons. The van der Waals surface area contributed by atoms with Gasteiger partial charge in [0.15, 0.2) is 0 Å². The molecule has 0 fully saturated rings. The Morgan fingerprint density at radius 1 is 1.05 bits per heavy atom. The zero-order valence-electron chi connectivity index (χ0n) is 10.4. The van der Waals surface area contributed by atoms with Gasteiger partial charge in [-0.2, -0.15) is 5.26 Å². The van der Waals surface area contributed by atoms with Gasteiger partial charge >= 0.3 is 0 Å². The second kappa shape index (κ2) is 4.49. The van der Waals surface area contributed by atoms with Gasteiger partial charge in [-0.25, -0.2) is 4.39 Å². The highest BCUT2D eigenvalue weighted by Gasteiger charge is 2.21. The lowest BCUT2D eigenvalue weighted by Gasteiger charge is -2.15. The average molecular weight is 252 g/mol. The van der Waals surface area contributed by atoms with Crippen molar-refractivity contribution in [2.45, 2.75) is 18.9 Å². The van der Waals surface area contributed by atoms with Crippen molar-refractivity contribution in [1.82, 2.24) is 0 Å². The molecule has 0 aromatic heterocycles. The van der Waals surface area contributed by atoms with Crippen LogP contribution < -0.4 is 5.73 Å². The molecule has 0 amide bonds. The molecule has 0 aliphatic heterocycles. The summed E-state index contributed by atoms with van der Waals surface area (Å²) < 4.78 is 13.3. The van der Waals surface area contributed by atoms with Crippen molar-refractivity contribution in [3.63, 3.8) is 0 Å². The molecular weight excluding hydrogens is 239 g/mol. The lowest BCUT2D eigenvalue weighted by Crippen LogP contribution is -2.13. The zero-order chi connectivity index (χ0) is 13.4. The average Bonchev–Trinajstić information content (AvgIpc) is 2.56. The number of aryl methyl sites for hydroxylation is 2. The molecule has 3 heteroatoms. The summed E-state index contributed by atoms with van der Waals surface area (Å²) in [5.41, 5.74) is 11.0. The summed E-state index contributed by atoms with van der Waals surface area (Å²) in [7, 11) is 0. The third-order valence-electron chi connectivity index (χ3n) is 3.71. The van der Waals surface area contributed by atoms with Crippen LogP contribution in [0.2, 0.25) is 0 Å². The summed E-state index contributed by atoms with van der Waals surface area (Å²) in [6.07, 6.45) is 1.54. The molecule has 2 nitrogen and oxygen atoms in total. The van der Waals surface area contributed by atoms with E-state index in [-0.39, 0.29) is 11.9 Å². The Morgan fingerprint density at radius 2 is 1.68 bits per heavy atom. The molecule has 1 unspecified atom stereocenters. The third kappa shape index (κ3) is 2.00. The smallest absolute Gasteiger partial charge is 0.123 e. The van der Waals surface area contributed by atoms with E-state index in [4.69, 9.17) is 11.0 Å². The van der Waals surface area contributed by atoms with Gasteiger partial charge in [0.1, 0.15) is 5.82 Å². The standard InChI is InChI=1S/C16H13FN2/c17-13-4-6-15-12(8-13)3-2-11-7-10(9-18)1-5-14(11)16(15)19/h1,4-8,16H,2-3,19H2. The van der Waals surface area contributed by atoms with E-state index in [2.05, 4.69) is 6.07 Å². The van der Waals surface area contributed by atoms with E-state index in [1.807, 2.05) is 12.1 Å². The van der Waals surface area contributed by atoms with Crippen LogP contribution in [0.3, 0.4) is 0 Å². The van der Waals surface area contributed by atoms with Crippen LogP contribution in [0.25, 0.3) is 0 Å². The minimum atomic E-state index is -0.249. The summed E-state index contributed by atoms with van der Waals surface area (Å²) in [5.74, 6) is -0.227. The maximum absolute atomic E-state index is 13.3. The lowest BCUT2D eigenvalue weighted by atomic mass is 9.94. The molecule has 3 rings (SSSR count). The van der Waals surface area contributed by atoms with E-state index in [0.717, 1.165) is 35.1 Å². The first-order chi connectivity index (χ1) is 9.19. The first-order valence-corrected chi connectivity index (χ1v) is 6.26. The molecule has 1 aliphatic carbocycles. The molecule has 1 aliphatic rings. The first kappa shape index (κ1) is 11.9. The number of nitrogens with two attached hydrogens (primary N) is 1. The number of fused-ring (bicyclic) bond motifs is 2. The van der Waals surface area contributed by atoms with Crippen molar-refractivity contribution in [2.75, 3.05) is 0 Å². The number of benzene rings is 2. The summed E-state index contributed by atoms with van der Waals surface area (Å²) in [4.78, 5) is 0. The number of hydrogen-bond donors (Lipinski definition) is 1. The van der Waals surface area contributed by atoms with E-state index in [9.17, 15) is 4.39 Å². The Labute approximate surface area is 111 Å². The van der Waals surface area contributed by atoms with Gasteiger partial charge in [0, 0.05) is 0 Å². The Morgan fingerprint density at radius 3 is 2.37 bits per heavy atom. The van der Waals surface area contributed by atoms with Gasteiger partial charge in [0.05, 0.1) is 17.7 Å². The fourth-order valence-corrected chi connectivity index (χ4v) is 2.73. The van der Waals surface area contributed by atoms with Gasteiger partial charge in [-0.05, 0) is 59.4 Å². The van der Waals surface area contributed by atoms with E-state index in [1.165, 1.54) is 6.07 Å². The quantitative estimate of drug-likeness (QED) is 0.783. The van der Waals surface area contributed by atoms with Gasteiger partial charge in [-0.15, -0.1) is 0 Å². The molecule has 0 saturated carbocycles. The van der Waals surface area contributed by atoms with Crippen LogP contribution in [0.15, 0.2) is 36.4 Å². The van der Waals surface area contributed by atoms with Crippen molar-refractivity contribution in [2.24, 2.45) is 5.73 Å². The summed E-state index contributed by atoms with van der Waals surface area (Å²) >= 11 is 0. The van der Waals surface area contributed by atoms with Crippen molar-refractivity contribution in [3.8, 4) is 6.07 Å². The molecule has 0 spiro atoms. The fraction of sp³-hybridized carbons (Fsp3) is 0.188. The van der Waals surface area contributed by atoms with Crippen LogP contribution >= 0.6 is 0 Å². The summed E-state index contributed by atoms with van der Waals surface area (Å²) in [6, 6.07) is 12.3. The van der Waals surface area contributed by atoms with Crippen LogP contribution in [0.1, 0.15) is 33.9 Å². The predicted octanol–water partition coefficient (Wildman–Crippen LogP) is 2.84. The Bertz CT molecular complexity index is 686. The van der Waals surface area contributed by atoms with Gasteiger partial charge < -0.3 is 5.73 Å². The fourth-order valence-electron chi connectivity index (χ4n) is 2.73. The predicted molar refractivity (Wildman–Crippen MR) is 71.0 cm³/mol. The van der Waals surface area contributed by atoms with E-state index < -0.39 is 0 Å². The minimum absolute atomic E-state index is 0.227. The maximum atomic E-state index is 13.3. The Balaban J connectivity index is 2.14. The van der Waals surface area contributed by atoms with Crippen molar-refractivity contribution < 1.29 is 4.39 Å². The molecule has 0 heterocycles. The molecule has 2 aromatic rings. The Kier molecular flexibility index (Phi) is 2.81. The van der Waals surface area contributed by atoms with Crippen LogP contribution in [0.4, 0.5) is 4.39 Å². The number of halogens is 1. The third-order valence-corrected chi connectivity index (χ3v) is 3.71. The van der Waals surface area contributed by atoms with Crippen LogP contribution in [-0.4, -0.2) is 0 Å². The highest BCUT2D eigenvalue weighted by atomic mass is 19.1. The first-order valence-electron chi connectivity index (χ1n) is 6.26. The molecule has 0 radical (unpaired) electrons. The SMILES string of the molecule is N#Cc1ccc2c(c1)CCc1cc(F)ccc1C2N. The molecular formula is C16H13FN2. The molecule has 0 bridgehead atoms. The number of nitriles is 1. The van der Waals surface area contributed by atoms with Gasteiger partial charge in [0.25, 0.3) is 0 Å². The number of hydrogen-bond acceptors (Lipinski definition) is 2. The molecule has 2 aromatic carbocycles. The minimum Gasteiger partial charge on any atom is -0.320 e. The van der Waals surface area contributed by atoms with E-state index in [1.54, 1.807) is 18.2 Å². The second-order valence-electron chi connectivity index (χ2n) is 4.85. The molecule has 19 heavy (non-hydrogen) atoms. The lowest BCUT2D eigenvalue weighted by molar-refractivity contribution is 0.623. The molecule has 1 atom stereocenters. The second-order valence-corrected chi connectivity index (χ2v) is 4.85. The monoisotopic (exact) mass is 252 g/mol. The topological polar surface area (TPSA) is 49.8 Å². The van der Waals surface area contributed by atoms with E-state index in [0.29, 0.717) is 5.56 Å². The number of rotatable bonds is 0. The molecule has 2 N–H and O–H groups in total. The van der Waals surface area contributed by atoms with Crippen LogP contribution in [-0.2, 0) is 12.8 Å². The molecule has 0 saturated heterocycles. The van der Waals surface area contributed by atoms with Gasteiger partial charge in [-0.1, -0.05) is 12.1 Å². The summed E-state index contributed by atoms with van der Waals surface area (Å²) in [5, 5.41) is 8.95. The van der Waals surface area contributed by atoms with Gasteiger partial charge in [-0.3, -0.25) is 0 Å². The van der Waals surface area contributed by atoms with Crippen molar-refractivity contribution in [3.05, 3.63) is 70.0 Å². The highest BCUT2D eigenvalue weighted by Crippen LogP contribution is 2.31. The van der Waals surface area contributed by atoms with E-state index >= 15 is 0 Å². The largest absolute Gasteiger partial charge is 0.320 e. The zero-order valence-corrected chi connectivity index (χ0v) is 10.4. The van der Waals surface area contributed by atoms with Crippen LogP contribution in [0, 0.1) is 17.1 Å². The maximum Gasteiger partial charge on any atom is 0.123 e. The van der Waals surface area contributed by atoms with Crippen molar-refractivity contribution in [1.29, 1.82) is 5.26 Å². The highest BCUT2D eigenvalue weighted by molar-refractivity contribution is 5.47.